The van der Waals surface area contributed by atoms with E-state index in [0.29, 0.717) is 34.3 Å². The number of thioether (sulfide) groups is 1. The fourth-order valence-corrected chi connectivity index (χ4v) is 5.72. The van der Waals surface area contributed by atoms with Crippen LogP contribution < -0.4 is 0 Å². The van der Waals surface area contributed by atoms with Gasteiger partial charge >= 0.3 is 0 Å². The molecular formula is C21H18N3OS3+. The Morgan fingerprint density at radius 3 is 2.64 bits per heavy atom. The molecule has 28 heavy (non-hydrogen) atoms. The molecule has 0 saturated carbocycles. The highest BCUT2D eigenvalue weighted by Crippen LogP contribution is 2.35. The number of thiophene rings is 1. The number of pyridine rings is 1. The minimum absolute atomic E-state index is 0.447. The Labute approximate surface area is 176 Å². The van der Waals surface area contributed by atoms with Gasteiger partial charge in [-0.15, -0.1) is 11.3 Å². The van der Waals surface area contributed by atoms with Gasteiger partial charge in [-0.1, -0.05) is 36.4 Å². The molecule has 2 heterocycles. The van der Waals surface area contributed by atoms with Gasteiger partial charge in [-0.05, 0) is 34.8 Å². The molecule has 1 aromatic carbocycles. The summed E-state index contributed by atoms with van der Waals surface area (Å²) in [6.07, 6.45) is 1.13. The average Bonchev–Trinajstić information content (AvgIpc) is 3.27. The Morgan fingerprint density at radius 2 is 1.96 bits per heavy atom. The van der Waals surface area contributed by atoms with Gasteiger partial charge in [-0.2, -0.15) is 15.1 Å². The van der Waals surface area contributed by atoms with Crippen LogP contribution in [0.1, 0.15) is 18.4 Å². The van der Waals surface area contributed by atoms with Crippen LogP contribution in [0.15, 0.2) is 58.9 Å². The molecule has 0 saturated heterocycles. The van der Waals surface area contributed by atoms with Gasteiger partial charge in [0.05, 0.1) is 22.2 Å². The lowest BCUT2D eigenvalue weighted by Gasteiger charge is -2.11. The molecule has 4 nitrogen and oxygen atoms in total. The van der Waals surface area contributed by atoms with Crippen LogP contribution in [-0.2, 0) is 11.2 Å². The van der Waals surface area contributed by atoms with Gasteiger partial charge in [0.25, 0.3) is 0 Å². The van der Waals surface area contributed by atoms with Gasteiger partial charge in [0.1, 0.15) is 16.8 Å². The average molecular weight is 425 g/mol. The zero-order chi connectivity index (χ0) is 19.8. The van der Waals surface area contributed by atoms with Gasteiger partial charge < -0.3 is 0 Å². The van der Waals surface area contributed by atoms with Crippen LogP contribution in [0.3, 0.4) is 0 Å². The van der Waals surface area contributed by atoms with E-state index in [1.54, 1.807) is 11.3 Å². The summed E-state index contributed by atoms with van der Waals surface area (Å²) in [7, 11) is 0. The van der Waals surface area contributed by atoms with Crippen molar-refractivity contribution < 1.29 is 4.55 Å². The Kier molecular flexibility index (Phi) is 7.53. The van der Waals surface area contributed by atoms with E-state index in [1.165, 1.54) is 11.8 Å². The molecule has 0 aliphatic rings. The highest BCUT2D eigenvalue weighted by Gasteiger charge is 2.21. The van der Waals surface area contributed by atoms with Gasteiger partial charge in [-0.3, -0.25) is 0 Å². The highest BCUT2D eigenvalue weighted by atomic mass is 32.3. The van der Waals surface area contributed by atoms with Crippen LogP contribution in [-0.4, -0.2) is 20.4 Å². The van der Waals surface area contributed by atoms with Crippen LogP contribution in [0.4, 0.5) is 0 Å². The Morgan fingerprint density at radius 1 is 1.14 bits per heavy atom. The molecular weight excluding hydrogens is 406 g/mol. The van der Waals surface area contributed by atoms with Crippen molar-refractivity contribution in [3.05, 3.63) is 59.5 Å². The maximum absolute atomic E-state index is 10.2. The Balaban J connectivity index is 1.95. The van der Waals surface area contributed by atoms with Crippen molar-refractivity contribution in [3.63, 3.8) is 0 Å². The van der Waals surface area contributed by atoms with Gasteiger partial charge in [-0.25, -0.2) is 4.98 Å². The summed E-state index contributed by atoms with van der Waals surface area (Å²) < 4.78 is 10.2. The molecule has 0 amide bonds. The molecule has 140 valence electrons. The normalized spacial score (nSPS) is 11.5. The Hall–Kier alpha value is -2.29. The van der Waals surface area contributed by atoms with Crippen LogP contribution >= 0.6 is 23.1 Å². The first-order valence-corrected chi connectivity index (χ1v) is 12.0. The lowest BCUT2D eigenvalue weighted by Crippen LogP contribution is -2.09. The number of rotatable bonds is 8. The smallest absolute Gasteiger partial charge is 0.192 e. The first kappa shape index (κ1) is 20.4. The molecule has 1 unspecified atom stereocenters. The topological polar surface area (TPSA) is 80.7 Å². The highest BCUT2D eigenvalue weighted by molar-refractivity contribution is 8.12. The van der Waals surface area contributed by atoms with Gasteiger partial charge in [0, 0.05) is 18.4 Å². The van der Waals surface area contributed by atoms with E-state index in [4.69, 9.17) is 10.2 Å². The number of nitriles is 2. The fourth-order valence-electron chi connectivity index (χ4n) is 2.63. The Bertz CT molecular complexity index is 992. The molecule has 0 spiro atoms. The van der Waals surface area contributed by atoms with E-state index in [9.17, 15) is 9.81 Å². The van der Waals surface area contributed by atoms with E-state index >= 15 is 0 Å². The number of hydrogen-bond donors (Lipinski definition) is 1. The van der Waals surface area contributed by atoms with Crippen molar-refractivity contribution in [1.82, 2.24) is 4.98 Å². The fraction of sp³-hybridized carbons (Fsp3) is 0.190. The number of nitrogens with zero attached hydrogens (tertiary/aromatic N) is 3. The van der Waals surface area contributed by atoms with Crippen LogP contribution in [0.2, 0.25) is 0 Å². The maximum atomic E-state index is 10.2. The van der Waals surface area contributed by atoms with E-state index in [1.807, 2.05) is 53.9 Å². The van der Waals surface area contributed by atoms with Crippen molar-refractivity contribution in [1.29, 1.82) is 10.5 Å². The molecule has 0 aliphatic heterocycles. The lowest BCUT2D eigenvalue weighted by atomic mass is 10.0. The van der Waals surface area contributed by atoms with Crippen molar-refractivity contribution >= 4 is 34.3 Å². The molecule has 0 fully saturated rings. The minimum Gasteiger partial charge on any atom is -0.239 e. The SMILES string of the molecule is N#CCCC[S+](O)CSc1nc(-c2cccs2)cc(-c2ccccc2)c1C#N. The summed E-state index contributed by atoms with van der Waals surface area (Å²) in [5.41, 5.74) is 3.19. The largest absolute Gasteiger partial charge is 0.239 e. The number of benzene rings is 1. The standard InChI is InChI=1S/C21H18N3OS3/c22-10-4-5-12-28(25)15-27-21-18(14-23)17(16-7-2-1-3-8-16)13-19(24-21)20-9-6-11-26-20/h1-3,6-9,11,13,25H,4-5,12,15H2/q+1. The third kappa shape index (κ3) is 5.15. The predicted molar refractivity (Wildman–Crippen MR) is 118 cm³/mol. The van der Waals surface area contributed by atoms with Crippen LogP contribution in [0, 0.1) is 22.7 Å². The third-order valence-corrected chi connectivity index (χ3v) is 7.74. The number of aromatic nitrogens is 1. The second-order valence-electron chi connectivity index (χ2n) is 5.88. The predicted octanol–water partition coefficient (Wildman–Crippen LogP) is 5.79. The van der Waals surface area contributed by atoms with Gasteiger partial charge in [0.2, 0.25) is 0 Å². The first-order chi connectivity index (χ1) is 13.7. The summed E-state index contributed by atoms with van der Waals surface area (Å²) in [5, 5.41) is 21.6. The molecule has 1 N–H and O–H groups in total. The van der Waals surface area contributed by atoms with E-state index in [0.717, 1.165) is 21.7 Å². The molecule has 2 aromatic heterocycles. The van der Waals surface area contributed by atoms with Gasteiger partial charge in [0.15, 0.2) is 16.3 Å². The zero-order valence-electron chi connectivity index (χ0n) is 15.0. The summed E-state index contributed by atoms with van der Waals surface area (Å²) >= 11 is 2.20. The third-order valence-electron chi connectivity index (χ3n) is 3.96. The summed E-state index contributed by atoms with van der Waals surface area (Å²) in [5.74, 6) is 0.596. The number of unbranched alkanes of at least 4 members (excludes halogenated alkanes) is 1. The summed E-state index contributed by atoms with van der Waals surface area (Å²) in [4.78, 5) is 5.77. The summed E-state index contributed by atoms with van der Waals surface area (Å²) in [6.45, 7) is 0. The monoisotopic (exact) mass is 424 g/mol. The van der Waals surface area contributed by atoms with Crippen molar-refractivity contribution in [2.75, 3.05) is 10.8 Å². The zero-order valence-corrected chi connectivity index (χ0v) is 17.5. The second kappa shape index (κ2) is 10.3. The van der Waals surface area contributed by atoms with E-state index in [-0.39, 0.29) is 0 Å². The van der Waals surface area contributed by atoms with E-state index < -0.39 is 11.2 Å². The quantitative estimate of drug-likeness (QED) is 0.281. The van der Waals surface area contributed by atoms with Crippen molar-refractivity contribution in [2.45, 2.75) is 17.9 Å². The van der Waals surface area contributed by atoms with Crippen molar-refractivity contribution in [2.24, 2.45) is 0 Å². The van der Waals surface area contributed by atoms with E-state index in [2.05, 4.69) is 12.1 Å². The molecule has 1 atom stereocenters. The molecule has 3 aromatic rings. The second-order valence-corrected chi connectivity index (χ2v) is 9.78. The first-order valence-electron chi connectivity index (χ1n) is 8.63. The number of hydrogen-bond acceptors (Lipinski definition) is 6. The molecule has 0 radical (unpaired) electrons. The van der Waals surface area contributed by atoms with Crippen LogP contribution in [0.25, 0.3) is 21.7 Å². The van der Waals surface area contributed by atoms with Crippen molar-refractivity contribution in [3.8, 4) is 33.8 Å². The molecule has 7 heteroatoms. The molecule has 0 aliphatic carbocycles. The minimum atomic E-state index is -0.812. The maximum Gasteiger partial charge on any atom is 0.192 e. The van der Waals surface area contributed by atoms with Crippen LogP contribution in [0.5, 0.6) is 0 Å². The summed E-state index contributed by atoms with van der Waals surface area (Å²) in [6, 6.07) is 20.2. The lowest BCUT2D eigenvalue weighted by molar-refractivity contribution is 0.640. The molecule has 0 bridgehead atoms. The molecule has 3 rings (SSSR count).